The number of thiocarbonyl (C=S) groups is 1. The molecule has 0 bridgehead atoms. The number of carbonyl (C=O) groups excluding carboxylic acids is 1. The quantitative estimate of drug-likeness (QED) is 0.860. The fourth-order valence-electron chi connectivity index (χ4n) is 2.69. The van der Waals surface area contributed by atoms with E-state index in [-0.39, 0.29) is 5.91 Å². The number of amides is 1. The molecule has 0 radical (unpaired) electrons. The molecular formula is C15H20N2OS. The van der Waals surface area contributed by atoms with Crippen LogP contribution in [0.1, 0.15) is 41.6 Å². The number of benzene rings is 1. The predicted octanol–water partition coefficient (Wildman–Crippen LogP) is 2.58. The van der Waals surface area contributed by atoms with Gasteiger partial charge in [-0.05, 0) is 30.9 Å². The molecule has 1 saturated carbocycles. The van der Waals surface area contributed by atoms with Crippen LogP contribution in [0.25, 0.3) is 0 Å². The van der Waals surface area contributed by atoms with E-state index in [9.17, 15) is 4.79 Å². The molecule has 0 atom stereocenters. The molecule has 19 heavy (non-hydrogen) atoms. The summed E-state index contributed by atoms with van der Waals surface area (Å²) in [6.07, 6.45) is 5.07. The van der Waals surface area contributed by atoms with Gasteiger partial charge < -0.3 is 10.6 Å². The van der Waals surface area contributed by atoms with Gasteiger partial charge in [-0.3, -0.25) is 4.79 Å². The van der Waals surface area contributed by atoms with Crippen LogP contribution < -0.4 is 5.73 Å². The zero-order valence-corrected chi connectivity index (χ0v) is 12.1. The molecule has 0 unspecified atom stereocenters. The smallest absolute Gasteiger partial charge is 0.253 e. The van der Waals surface area contributed by atoms with E-state index < -0.39 is 0 Å². The lowest BCUT2D eigenvalue weighted by atomic mass is 10.1. The number of hydrogen-bond acceptors (Lipinski definition) is 2. The Kier molecular flexibility index (Phi) is 4.53. The molecule has 1 aliphatic rings. The molecule has 0 aromatic heterocycles. The van der Waals surface area contributed by atoms with Gasteiger partial charge in [0.05, 0.1) is 0 Å². The Labute approximate surface area is 119 Å². The van der Waals surface area contributed by atoms with Gasteiger partial charge in [-0.2, -0.15) is 0 Å². The van der Waals surface area contributed by atoms with Gasteiger partial charge >= 0.3 is 0 Å². The van der Waals surface area contributed by atoms with E-state index in [2.05, 4.69) is 0 Å². The molecule has 2 rings (SSSR count). The van der Waals surface area contributed by atoms with Gasteiger partial charge in [-0.1, -0.05) is 37.2 Å². The third-order valence-electron chi connectivity index (χ3n) is 3.75. The van der Waals surface area contributed by atoms with Gasteiger partial charge in [0, 0.05) is 24.7 Å². The predicted molar refractivity (Wildman–Crippen MR) is 81.2 cm³/mol. The monoisotopic (exact) mass is 276 g/mol. The number of rotatable bonds is 4. The summed E-state index contributed by atoms with van der Waals surface area (Å²) < 4.78 is 0. The molecule has 0 heterocycles. The summed E-state index contributed by atoms with van der Waals surface area (Å²) in [5, 5.41) is 0. The maximum Gasteiger partial charge on any atom is 0.253 e. The fraction of sp³-hybridized carbons (Fsp3) is 0.467. The highest BCUT2D eigenvalue weighted by atomic mass is 32.1. The van der Waals surface area contributed by atoms with Crippen molar-refractivity contribution < 1.29 is 4.79 Å². The minimum atomic E-state index is 0.0463. The average Bonchev–Trinajstić information content (AvgIpc) is 2.90. The Bertz CT molecular complexity index is 481. The average molecular weight is 276 g/mol. The minimum Gasteiger partial charge on any atom is -0.389 e. The maximum atomic E-state index is 12.3. The topological polar surface area (TPSA) is 46.3 Å². The normalized spacial score (nSPS) is 15.4. The molecule has 1 aliphatic carbocycles. The van der Waals surface area contributed by atoms with E-state index in [1.807, 2.05) is 30.1 Å². The third kappa shape index (κ3) is 3.53. The van der Waals surface area contributed by atoms with Crippen molar-refractivity contribution in [2.45, 2.75) is 25.7 Å². The van der Waals surface area contributed by atoms with Crippen LogP contribution in [0.2, 0.25) is 0 Å². The zero-order valence-electron chi connectivity index (χ0n) is 11.3. The van der Waals surface area contributed by atoms with Gasteiger partial charge in [0.1, 0.15) is 4.99 Å². The number of nitrogens with two attached hydrogens (primary N) is 1. The van der Waals surface area contributed by atoms with Crippen LogP contribution in [0.15, 0.2) is 24.3 Å². The second-order valence-corrected chi connectivity index (χ2v) is 5.72. The van der Waals surface area contributed by atoms with Crippen LogP contribution in [0.5, 0.6) is 0 Å². The Morgan fingerprint density at radius 3 is 2.63 bits per heavy atom. The highest BCUT2D eigenvalue weighted by Gasteiger charge is 2.20. The van der Waals surface area contributed by atoms with Gasteiger partial charge in [-0.15, -0.1) is 0 Å². The maximum absolute atomic E-state index is 12.3. The van der Waals surface area contributed by atoms with Crippen molar-refractivity contribution >= 4 is 23.1 Å². The van der Waals surface area contributed by atoms with Gasteiger partial charge in [0.2, 0.25) is 0 Å². The molecule has 4 heteroatoms. The number of nitrogens with zero attached hydrogens (tertiary/aromatic N) is 1. The Morgan fingerprint density at radius 2 is 2.00 bits per heavy atom. The molecule has 2 N–H and O–H groups in total. The van der Waals surface area contributed by atoms with Crippen molar-refractivity contribution in [2.24, 2.45) is 11.7 Å². The molecule has 0 saturated heterocycles. The molecular weight excluding hydrogens is 256 g/mol. The highest BCUT2D eigenvalue weighted by Crippen LogP contribution is 2.25. The minimum absolute atomic E-state index is 0.0463. The summed E-state index contributed by atoms with van der Waals surface area (Å²) in [5.41, 5.74) is 7.00. The van der Waals surface area contributed by atoms with Crippen LogP contribution in [0.3, 0.4) is 0 Å². The molecule has 102 valence electrons. The van der Waals surface area contributed by atoms with Crippen molar-refractivity contribution in [1.29, 1.82) is 0 Å². The molecule has 1 aromatic rings. The van der Waals surface area contributed by atoms with Gasteiger partial charge in [0.15, 0.2) is 0 Å². The number of carbonyl (C=O) groups is 1. The lowest BCUT2D eigenvalue weighted by molar-refractivity contribution is 0.0773. The SMILES string of the molecule is CN(CC1CCCC1)C(=O)c1cccc(C(N)=S)c1. The zero-order chi connectivity index (χ0) is 13.8. The summed E-state index contributed by atoms with van der Waals surface area (Å²) in [7, 11) is 1.87. The second-order valence-electron chi connectivity index (χ2n) is 5.28. The van der Waals surface area contributed by atoms with Crippen LogP contribution in [0, 0.1) is 5.92 Å². The van der Waals surface area contributed by atoms with Crippen molar-refractivity contribution in [3.63, 3.8) is 0 Å². The van der Waals surface area contributed by atoms with Crippen molar-refractivity contribution in [3.05, 3.63) is 35.4 Å². The second kappa shape index (κ2) is 6.15. The summed E-state index contributed by atoms with van der Waals surface area (Å²) in [5.74, 6) is 0.706. The fourth-order valence-corrected chi connectivity index (χ4v) is 2.82. The first-order chi connectivity index (χ1) is 9.08. The molecule has 0 spiro atoms. The summed E-state index contributed by atoms with van der Waals surface area (Å²) in [6.45, 7) is 0.843. The van der Waals surface area contributed by atoms with E-state index in [1.54, 1.807) is 6.07 Å². The van der Waals surface area contributed by atoms with Crippen molar-refractivity contribution in [1.82, 2.24) is 4.90 Å². The standard InChI is InChI=1S/C15H20N2OS/c1-17(10-11-5-2-3-6-11)15(18)13-8-4-7-12(9-13)14(16)19/h4,7-9,11H,2-3,5-6,10H2,1H3,(H2,16,19). The van der Waals surface area contributed by atoms with Crippen LogP contribution in [0.4, 0.5) is 0 Å². The number of hydrogen-bond donors (Lipinski definition) is 1. The highest BCUT2D eigenvalue weighted by molar-refractivity contribution is 7.80. The molecule has 3 nitrogen and oxygen atoms in total. The van der Waals surface area contributed by atoms with E-state index in [0.29, 0.717) is 16.5 Å². The Morgan fingerprint density at radius 1 is 1.37 bits per heavy atom. The molecule has 0 aliphatic heterocycles. The van der Waals surface area contributed by atoms with Crippen LogP contribution in [-0.2, 0) is 0 Å². The van der Waals surface area contributed by atoms with E-state index in [1.165, 1.54) is 25.7 Å². The lowest BCUT2D eigenvalue weighted by Crippen LogP contribution is -2.31. The Hall–Kier alpha value is -1.42. The van der Waals surface area contributed by atoms with E-state index in [0.717, 1.165) is 12.1 Å². The van der Waals surface area contributed by atoms with Crippen LogP contribution >= 0.6 is 12.2 Å². The molecule has 1 aromatic carbocycles. The first-order valence-electron chi connectivity index (χ1n) is 6.73. The van der Waals surface area contributed by atoms with Gasteiger partial charge in [0.25, 0.3) is 5.91 Å². The Balaban J connectivity index is 2.05. The molecule has 1 amide bonds. The first kappa shape index (κ1) is 14.0. The molecule has 1 fully saturated rings. The summed E-state index contributed by atoms with van der Waals surface area (Å²) in [6, 6.07) is 7.24. The third-order valence-corrected chi connectivity index (χ3v) is 3.98. The van der Waals surface area contributed by atoms with Gasteiger partial charge in [-0.25, -0.2) is 0 Å². The largest absolute Gasteiger partial charge is 0.389 e. The van der Waals surface area contributed by atoms with Crippen LogP contribution in [-0.4, -0.2) is 29.4 Å². The summed E-state index contributed by atoms with van der Waals surface area (Å²) >= 11 is 4.94. The van der Waals surface area contributed by atoms with E-state index >= 15 is 0 Å². The van der Waals surface area contributed by atoms with Crippen molar-refractivity contribution in [3.8, 4) is 0 Å². The van der Waals surface area contributed by atoms with Crippen molar-refractivity contribution in [2.75, 3.05) is 13.6 Å². The first-order valence-corrected chi connectivity index (χ1v) is 7.14. The lowest BCUT2D eigenvalue weighted by Gasteiger charge is -2.21. The summed E-state index contributed by atoms with van der Waals surface area (Å²) in [4.78, 5) is 14.5. The van der Waals surface area contributed by atoms with E-state index in [4.69, 9.17) is 18.0 Å².